The number of carbonyl (C=O) groups is 1. The maximum absolute atomic E-state index is 12.6. The van der Waals surface area contributed by atoms with Crippen molar-refractivity contribution in [3.8, 4) is 0 Å². The quantitative estimate of drug-likeness (QED) is 0.732. The van der Waals surface area contributed by atoms with E-state index in [0.717, 1.165) is 37.5 Å². The first-order valence-corrected chi connectivity index (χ1v) is 8.89. The molecule has 1 atom stereocenters. The van der Waals surface area contributed by atoms with Crippen LogP contribution in [0, 0.1) is 0 Å². The Hall–Kier alpha value is -2.96. The van der Waals surface area contributed by atoms with Crippen LogP contribution < -0.4 is 10.9 Å². The van der Waals surface area contributed by atoms with Crippen molar-refractivity contribution >= 4 is 16.9 Å². The van der Waals surface area contributed by atoms with Crippen molar-refractivity contribution in [2.24, 2.45) is 0 Å². The molecule has 1 amide bonds. The summed E-state index contributed by atoms with van der Waals surface area (Å²) in [6.07, 6.45) is 4.26. The molecule has 0 aliphatic carbocycles. The minimum Gasteiger partial charge on any atom is -0.422 e. The van der Waals surface area contributed by atoms with Crippen LogP contribution in [-0.2, 0) is 13.0 Å². The lowest BCUT2D eigenvalue weighted by molar-refractivity contribution is 0.0934. The molecule has 26 heavy (non-hydrogen) atoms. The summed E-state index contributed by atoms with van der Waals surface area (Å²) < 4.78 is 7.33. The summed E-state index contributed by atoms with van der Waals surface area (Å²) in [6.45, 7) is 2.71. The Morgan fingerprint density at radius 3 is 2.96 bits per heavy atom. The van der Waals surface area contributed by atoms with E-state index in [1.807, 2.05) is 13.0 Å². The molecule has 0 bridgehead atoms. The third-order valence-corrected chi connectivity index (χ3v) is 4.76. The second-order valence-corrected chi connectivity index (χ2v) is 6.62. The predicted molar refractivity (Wildman–Crippen MR) is 95.9 cm³/mol. The first-order valence-electron chi connectivity index (χ1n) is 8.89. The van der Waals surface area contributed by atoms with Gasteiger partial charge in [0.15, 0.2) is 5.82 Å². The number of hydrogen-bond acceptors (Lipinski definition) is 5. The van der Waals surface area contributed by atoms with Gasteiger partial charge in [0.05, 0.1) is 6.04 Å². The lowest BCUT2D eigenvalue weighted by Crippen LogP contribution is -2.32. The van der Waals surface area contributed by atoms with E-state index in [4.69, 9.17) is 4.42 Å². The van der Waals surface area contributed by atoms with E-state index in [1.165, 1.54) is 6.42 Å². The largest absolute Gasteiger partial charge is 0.422 e. The highest BCUT2D eigenvalue weighted by molar-refractivity contribution is 5.96. The monoisotopic (exact) mass is 352 g/mol. The molecule has 1 aromatic carbocycles. The van der Waals surface area contributed by atoms with Gasteiger partial charge in [-0.25, -0.2) is 4.79 Å². The molecule has 0 spiro atoms. The normalized spacial score (nSPS) is 15.3. The number of rotatable bonds is 3. The Labute approximate surface area is 150 Å². The lowest BCUT2D eigenvalue weighted by Gasteiger charge is -2.15. The zero-order valence-corrected chi connectivity index (χ0v) is 14.6. The molecule has 1 aliphatic rings. The van der Waals surface area contributed by atoms with Gasteiger partial charge in [0.1, 0.15) is 17.0 Å². The molecular formula is C19H20N4O3. The molecule has 7 nitrogen and oxygen atoms in total. The van der Waals surface area contributed by atoms with Crippen LogP contribution in [0.2, 0.25) is 0 Å². The Morgan fingerprint density at radius 2 is 2.08 bits per heavy atom. The summed E-state index contributed by atoms with van der Waals surface area (Å²) in [5.74, 6) is 1.22. The molecule has 7 heteroatoms. The van der Waals surface area contributed by atoms with Gasteiger partial charge in [0.25, 0.3) is 5.91 Å². The molecule has 1 N–H and O–H groups in total. The van der Waals surface area contributed by atoms with Gasteiger partial charge >= 0.3 is 5.63 Å². The van der Waals surface area contributed by atoms with Crippen LogP contribution in [0.4, 0.5) is 0 Å². The van der Waals surface area contributed by atoms with Crippen molar-refractivity contribution in [2.75, 3.05) is 0 Å². The van der Waals surface area contributed by atoms with Crippen molar-refractivity contribution in [1.82, 2.24) is 20.1 Å². The van der Waals surface area contributed by atoms with E-state index in [1.54, 1.807) is 24.3 Å². The van der Waals surface area contributed by atoms with Crippen molar-refractivity contribution in [2.45, 2.75) is 45.2 Å². The number of hydrogen-bond donors (Lipinski definition) is 1. The summed E-state index contributed by atoms with van der Waals surface area (Å²) in [7, 11) is 0. The first kappa shape index (κ1) is 16.5. The number of amides is 1. The van der Waals surface area contributed by atoms with Gasteiger partial charge in [-0.2, -0.15) is 0 Å². The van der Waals surface area contributed by atoms with Crippen LogP contribution >= 0.6 is 0 Å². The molecule has 3 aromatic rings. The van der Waals surface area contributed by atoms with Gasteiger partial charge in [-0.3, -0.25) is 4.79 Å². The van der Waals surface area contributed by atoms with E-state index in [-0.39, 0.29) is 11.6 Å². The van der Waals surface area contributed by atoms with E-state index in [0.29, 0.717) is 11.0 Å². The van der Waals surface area contributed by atoms with Crippen molar-refractivity contribution in [3.05, 3.63) is 58.0 Å². The molecule has 0 fully saturated rings. The third kappa shape index (κ3) is 3.00. The van der Waals surface area contributed by atoms with Crippen LogP contribution in [0.3, 0.4) is 0 Å². The lowest BCUT2D eigenvalue weighted by atomic mass is 10.1. The predicted octanol–water partition coefficient (Wildman–Crippen LogP) is 2.60. The fourth-order valence-electron chi connectivity index (χ4n) is 3.39. The number of benzene rings is 1. The third-order valence-electron chi connectivity index (χ3n) is 4.76. The second kappa shape index (κ2) is 6.74. The van der Waals surface area contributed by atoms with Crippen LogP contribution in [0.1, 0.15) is 54.2 Å². The van der Waals surface area contributed by atoms with Crippen molar-refractivity contribution < 1.29 is 9.21 Å². The van der Waals surface area contributed by atoms with Gasteiger partial charge < -0.3 is 14.3 Å². The maximum Gasteiger partial charge on any atom is 0.349 e. The SMILES string of the molecule is C[C@H](NC(=O)c1cc2ccccc2oc1=O)c1nnc2n1CCCCC2. The van der Waals surface area contributed by atoms with Gasteiger partial charge in [0.2, 0.25) is 0 Å². The summed E-state index contributed by atoms with van der Waals surface area (Å²) in [4.78, 5) is 24.8. The van der Waals surface area contributed by atoms with E-state index >= 15 is 0 Å². The maximum atomic E-state index is 12.6. The van der Waals surface area contributed by atoms with Gasteiger partial charge in [0, 0.05) is 18.4 Å². The van der Waals surface area contributed by atoms with Crippen LogP contribution in [0.15, 0.2) is 39.5 Å². The number of nitrogens with one attached hydrogen (secondary N) is 1. The van der Waals surface area contributed by atoms with Crippen molar-refractivity contribution in [3.63, 3.8) is 0 Å². The fourth-order valence-corrected chi connectivity index (χ4v) is 3.39. The van der Waals surface area contributed by atoms with Gasteiger partial charge in [-0.1, -0.05) is 24.6 Å². The van der Waals surface area contributed by atoms with Gasteiger partial charge in [-0.15, -0.1) is 10.2 Å². The summed E-state index contributed by atoms with van der Waals surface area (Å²) in [6, 6.07) is 8.33. The van der Waals surface area contributed by atoms with E-state index in [2.05, 4.69) is 20.1 Å². The molecule has 134 valence electrons. The molecule has 0 radical (unpaired) electrons. The number of carbonyl (C=O) groups excluding carboxylic acids is 1. The highest BCUT2D eigenvalue weighted by atomic mass is 16.4. The zero-order valence-electron chi connectivity index (χ0n) is 14.6. The summed E-state index contributed by atoms with van der Waals surface area (Å²) in [5, 5.41) is 12.1. The first-order chi connectivity index (χ1) is 12.6. The Balaban J connectivity index is 1.59. The average molecular weight is 352 g/mol. The minimum atomic E-state index is -0.645. The summed E-state index contributed by atoms with van der Waals surface area (Å²) in [5.41, 5.74) is -0.190. The Bertz CT molecular complexity index is 1020. The molecule has 0 saturated carbocycles. The summed E-state index contributed by atoms with van der Waals surface area (Å²) >= 11 is 0. The average Bonchev–Trinajstić information content (AvgIpc) is 2.90. The molecule has 0 unspecified atom stereocenters. The molecule has 1 aliphatic heterocycles. The molecular weight excluding hydrogens is 332 g/mol. The second-order valence-electron chi connectivity index (χ2n) is 6.62. The fraction of sp³-hybridized carbons (Fsp3) is 0.368. The molecule has 2 aromatic heterocycles. The highest BCUT2D eigenvalue weighted by Gasteiger charge is 2.22. The Morgan fingerprint density at radius 1 is 1.23 bits per heavy atom. The van der Waals surface area contributed by atoms with Crippen LogP contribution in [0.25, 0.3) is 11.0 Å². The standard InChI is InChI=1S/C19H20N4O3/c1-12(17-22-21-16-9-3-2-6-10-23(16)17)20-18(24)14-11-13-7-4-5-8-15(13)26-19(14)25/h4-5,7-8,11-12H,2-3,6,9-10H2,1H3,(H,20,24)/t12-/m0/s1. The number of fused-ring (bicyclic) bond motifs is 2. The molecule has 3 heterocycles. The highest BCUT2D eigenvalue weighted by Crippen LogP contribution is 2.19. The smallest absolute Gasteiger partial charge is 0.349 e. The molecule has 0 saturated heterocycles. The van der Waals surface area contributed by atoms with E-state index in [9.17, 15) is 9.59 Å². The van der Waals surface area contributed by atoms with Crippen LogP contribution in [-0.4, -0.2) is 20.7 Å². The number of para-hydroxylation sites is 1. The van der Waals surface area contributed by atoms with Crippen LogP contribution in [0.5, 0.6) is 0 Å². The minimum absolute atomic E-state index is 0.00819. The topological polar surface area (TPSA) is 90.0 Å². The van der Waals surface area contributed by atoms with E-state index < -0.39 is 11.5 Å². The zero-order chi connectivity index (χ0) is 18.1. The molecule has 4 rings (SSSR count). The van der Waals surface area contributed by atoms with Gasteiger partial charge in [-0.05, 0) is 31.9 Å². The van der Waals surface area contributed by atoms with Crippen molar-refractivity contribution in [1.29, 1.82) is 0 Å². The Kier molecular flexibility index (Phi) is 4.28. The number of nitrogens with zero attached hydrogens (tertiary/aromatic N) is 3. The number of aryl methyl sites for hydroxylation is 1. The number of aromatic nitrogens is 3.